The second kappa shape index (κ2) is 5.89. The van der Waals surface area contributed by atoms with E-state index in [0.717, 1.165) is 0 Å². The molecule has 0 atom stereocenters. The molecule has 1 aromatic carbocycles. The van der Waals surface area contributed by atoms with Crippen molar-refractivity contribution in [3.63, 3.8) is 0 Å². The van der Waals surface area contributed by atoms with Gasteiger partial charge in [0.2, 0.25) is 5.78 Å². The maximum absolute atomic E-state index is 11.9. The maximum atomic E-state index is 11.9. The van der Waals surface area contributed by atoms with Crippen molar-refractivity contribution >= 4 is 23.2 Å². The lowest BCUT2D eigenvalue weighted by Gasteiger charge is -2.14. The second-order valence-corrected chi connectivity index (χ2v) is 4.65. The van der Waals surface area contributed by atoms with E-state index in [9.17, 15) is 14.7 Å². The number of para-hydroxylation sites is 1. The lowest BCUT2D eigenvalue weighted by Crippen LogP contribution is -2.24. The zero-order valence-corrected chi connectivity index (χ0v) is 10.9. The Morgan fingerprint density at radius 2 is 2.05 bits per heavy atom. The SMILES string of the molecule is O=C1CCCC(O)=C1C(=O)COc1ccccc1Cl. The van der Waals surface area contributed by atoms with Crippen molar-refractivity contribution in [3.05, 3.63) is 40.6 Å². The molecule has 0 unspecified atom stereocenters. The van der Waals surface area contributed by atoms with Gasteiger partial charge in [-0.15, -0.1) is 0 Å². The van der Waals surface area contributed by atoms with Crippen LogP contribution in [0, 0.1) is 0 Å². The molecule has 0 saturated heterocycles. The van der Waals surface area contributed by atoms with Crippen LogP contribution in [0.5, 0.6) is 5.75 Å². The maximum Gasteiger partial charge on any atom is 0.207 e. The molecule has 1 aromatic rings. The Bertz CT molecular complexity index is 548. The fraction of sp³-hybridized carbons (Fsp3) is 0.286. The minimum absolute atomic E-state index is 0.127. The summed E-state index contributed by atoms with van der Waals surface area (Å²) in [5.74, 6) is -0.594. The van der Waals surface area contributed by atoms with Crippen LogP contribution in [-0.4, -0.2) is 23.3 Å². The van der Waals surface area contributed by atoms with Gasteiger partial charge in [0.15, 0.2) is 12.4 Å². The Balaban J connectivity index is 2.06. The third-order valence-electron chi connectivity index (χ3n) is 2.86. The van der Waals surface area contributed by atoms with Crippen LogP contribution in [0.1, 0.15) is 19.3 Å². The molecule has 100 valence electrons. The minimum Gasteiger partial charge on any atom is -0.511 e. The highest BCUT2D eigenvalue weighted by atomic mass is 35.5. The van der Waals surface area contributed by atoms with Gasteiger partial charge >= 0.3 is 0 Å². The Hall–Kier alpha value is -1.81. The molecule has 5 heteroatoms. The van der Waals surface area contributed by atoms with Crippen LogP contribution in [0.3, 0.4) is 0 Å². The van der Waals surface area contributed by atoms with E-state index in [2.05, 4.69) is 0 Å². The summed E-state index contributed by atoms with van der Waals surface area (Å²) < 4.78 is 5.27. The molecule has 0 spiro atoms. The van der Waals surface area contributed by atoms with Crippen LogP contribution in [0.4, 0.5) is 0 Å². The van der Waals surface area contributed by atoms with E-state index in [4.69, 9.17) is 16.3 Å². The number of carbonyl (C=O) groups excluding carboxylic acids is 2. The molecular weight excluding hydrogens is 268 g/mol. The van der Waals surface area contributed by atoms with Gasteiger partial charge < -0.3 is 9.84 Å². The van der Waals surface area contributed by atoms with Crippen molar-refractivity contribution in [2.45, 2.75) is 19.3 Å². The number of allylic oxidation sites excluding steroid dienone is 1. The summed E-state index contributed by atoms with van der Waals surface area (Å²) in [5.41, 5.74) is -0.127. The van der Waals surface area contributed by atoms with Crippen LogP contribution >= 0.6 is 11.6 Å². The van der Waals surface area contributed by atoms with E-state index >= 15 is 0 Å². The van der Waals surface area contributed by atoms with Gasteiger partial charge in [0.05, 0.1) is 5.02 Å². The van der Waals surface area contributed by atoms with Gasteiger partial charge in [-0.2, -0.15) is 0 Å². The molecule has 0 aromatic heterocycles. The van der Waals surface area contributed by atoms with E-state index in [-0.39, 0.29) is 30.1 Å². The highest BCUT2D eigenvalue weighted by Crippen LogP contribution is 2.24. The first-order chi connectivity index (χ1) is 9.09. The van der Waals surface area contributed by atoms with Crippen LogP contribution < -0.4 is 4.74 Å². The average molecular weight is 281 g/mol. The van der Waals surface area contributed by atoms with Crippen LogP contribution in [-0.2, 0) is 9.59 Å². The fourth-order valence-electron chi connectivity index (χ4n) is 1.92. The monoisotopic (exact) mass is 280 g/mol. The van der Waals surface area contributed by atoms with E-state index in [1.54, 1.807) is 24.3 Å². The quantitative estimate of drug-likeness (QED) is 0.862. The molecule has 0 fully saturated rings. The second-order valence-electron chi connectivity index (χ2n) is 4.24. The number of carbonyl (C=O) groups is 2. The molecule has 0 radical (unpaired) electrons. The van der Waals surface area contributed by atoms with Gasteiger partial charge in [-0.25, -0.2) is 0 Å². The van der Waals surface area contributed by atoms with Crippen molar-refractivity contribution in [1.29, 1.82) is 0 Å². The highest BCUT2D eigenvalue weighted by Gasteiger charge is 2.26. The standard InChI is InChI=1S/C14H13ClO4/c15-9-4-1-2-7-13(9)19-8-12(18)14-10(16)5-3-6-11(14)17/h1-2,4,7,16H,3,5-6,8H2. The molecule has 2 rings (SSSR count). The predicted octanol–water partition coefficient (Wildman–Crippen LogP) is 2.85. The lowest BCUT2D eigenvalue weighted by atomic mass is 9.93. The number of Topliss-reactive ketones (excluding diaryl/α,β-unsaturated/α-hetero) is 2. The summed E-state index contributed by atoms with van der Waals surface area (Å²) in [6, 6.07) is 6.75. The molecular formula is C14H13ClO4. The molecule has 1 aliphatic carbocycles. The number of benzene rings is 1. The van der Waals surface area contributed by atoms with Crippen LogP contribution in [0.25, 0.3) is 0 Å². The first-order valence-corrected chi connectivity index (χ1v) is 6.33. The van der Waals surface area contributed by atoms with Crippen molar-refractivity contribution in [2.24, 2.45) is 0 Å². The summed E-state index contributed by atoms with van der Waals surface area (Å²) in [7, 11) is 0. The normalized spacial score (nSPS) is 15.5. The number of hydrogen-bond donors (Lipinski definition) is 1. The van der Waals surface area contributed by atoms with Crippen molar-refractivity contribution in [3.8, 4) is 5.75 Å². The summed E-state index contributed by atoms with van der Waals surface area (Å²) in [6.07, 6.45) is 1.23. The molecule has 0 bridgehead atoms. The zero-order valence-electron chi connectivity index (χ0n) is 10.2. The highest BCUT2D eigenvalue weighted by molar-refractivity contribution is 6.32. The molecule has 0 aliphatic heterocycles. The molecule has 0 heterocycles. The molecule has 19 heavy (non-hydrogen) atoms. The van der Waals surface area contributed by atoms with E-state index in [1.165, 1.54) is 0 Å². The Morgan fingerprint density at radius 3 is 2.74 bits per heavy atom. The zero-order chi connectivity index (χ0) is 13.8. The van der Waals surface area contributed by atoms with Crippen LogP contribution in [0.2, 0.25) is 5.02 Å². The van der Waals surface area contributed by atoms with Crippen molar-refractivity contribution in [1.82, 2.24) is 0 Å². The number of aliphatic hydroxyl groups is 1. The predicted molar refractivity (Wildman–Crippen MR) is 70.5 cm³/mol. The fourth-order valence-corrected chi connectivity index (χ4v) is 2.11. The van der Waals surface area contributed by atoms with Gasteiger partial charge in [-0.1, -0.05) is 23.7 Å². The first-order valence-electron chi connectivity index (χ1n) is 5.95. The third-order valence-corrected chi connectivity index (χ3v) is 3.17. The van der Waals surface area contributed by atoms with E-state index < -0.39 is 5.78 Å². The number of aliphatic hydroxyl groups excluding tert-OH is 1. The molecule has 0 saturated carbocycles. The molecule has 1 N–H and O–H groups in total. The number of hydrogen-bond acceptors (Lipinski definition) is 4. The number of rotatable bonds is 4. The third kappa shape index (κ3) is 3.15. The van der Waals surface area contributed by atoms with Crippen molar-refractivity contribution in [2.75, 3.05) is 6.61 Å². The first kappa shape index (κ1) is 13.6. The van der Waals surface area contributed by atoms with Crippen molar-refractivity contribution < 1.29 is 19.4 Å². The van der Waals surface area contributed by atoms with Gasteiger partial charge in [0.1, 0.15) is 17.1 Å². The van der Waals surface area contributed by atoms with E-state index in [1.807, 2.05) is 0 Å². The number of ether oxygens (including phenoxy) is 1. The number of ketones is 2. The Morgan fingerprint density at radius 1 is 1.32 bits per heavy atom. The summed E-state index contributed by atoms with van der Waals surface area (Å²) >= 11 is 5.89. The summed E-state index contributed by atoms with van der Waals surface area (Å²) in [4.78, 5) is 23.5. The Kier molecular flexibility index (Phi) is 4.22. The van der Waals surface area contributed by atoms with Gasteiger partial charge in [0.25, 0.3) is 0 Å². The summed E-state index contributed by atoms with van der Waals surface area (Å²) in [6.45, 7) is -0.311. The van der Waals surface area contributed by atoms with Gasteiger partial charge in [0, 0.05) is 12.8 Å². The topological polar surface area (TPSA) is 63.6 Å². The Labute approximate surface area is 115 Å². The number of halogens is 1. The molecule has 1 aliphatic rings. The largest absolute Gasteiger partial charge is 0.511 e. The van der Waals surface area contributed by atoms with Gasteiger partial charge in [-0.3, -0.25) is 9.59 Å². The lowest BCUT2D eigenvalue weighted by molar-refractivity contribution is -0.123. The smallest absolute Gasteiger partial charge is 0.207 e. The summed E-state index contributed by atoms with van der Waals surface area (Å²) in [5, 5.41) is 10.0. The van der Waals surface area contributed by atoms with Gasteiger partial charge in [-0.05, 0) is 18.6 Å². The van der Waals surface area contributed by atoms with Crippen LogP contribution in [0.15, 0.2) is 35.6 Å². The molecule has 4 nitrogen and oxygen atoms in total. The molecule has 0 amide bonds. The average Bonchev–Trinajstić information content (AvgIpc) is 2.37. The minimum atomic E-state index is -0.512. The van der Waals surface area contributed by atoms with E-state index in [0.29, 0.717) is 23.6 Å².